The summed E-state index contributed by atoms with van der Waals surface area (Å²) in [6.07, 6.45) is 4.92. The molecular formula is C52H88N12O6. The molecule has 0 aliphatic heterocycles. The van der Waals surface area contributed by atoms with Crippen LogP contribution in [0, 0.1) is 11.3 Å². The lowest BCUT2D eigenvalue weighted by Gasteiger charge is -2.37. The van der Waals surface area contributed by atoms with Crippen LogP contribution in [-0.4, -0.2) is 168 Å². The van der Waals surface area contributed by atoms with E-state index in [9.17, 15) is 28.8 Å². The van der Waals surface area contributed by atoms with E-state index in [0.29, 0.717) is 77.8 Å². The Bertz CT molecular complexity index is 1900. The fraction of sp³-hybridized carbons (Fsp3) is 0.635. The Morgan fingerprint density at radius 2 is 0.886 bits per heavy atom. The monoisotopic (exact) mass is 977 g/mol. The van der Waals surface area contributed by atoms with E-state index < -0.39 is 48.8 Å². The van der Waals surface area contributed by atoms with Gasteiger partial charge in [-0.15, -0.1) is 0 Å². The Morgan fingerprint density at radius 3 is 1.29 bits per heavy atom. The molecule has 70 heavy (non-hydrogen) atoms. The SMILES string of the molecule is CC(C)C(=O)CN(C(=O)CN(CCCCN)C(=O)CN(C(=O)CN(CCCCNC(=N)N)C(=O)CN(CCCCN)C(=O)CN(CCCCN)C(C)(C)C)[C@@H](C)c1ccccc1)[C@@H](C)c1ccccc1. The number of amides is 5. The second-order valence-electron chi connectivity index (χ2n) is 19.4. The lowest BCUT2D eigenvalue weighted by molar-refractivity contribution is -0.149. The molecule has 0 aliphatic carbocycles. The molecule has 392 valence electrons. The number of nitrogens with two attached hydrogens (primary N) is 4. The fourth-order valence-corrected chi connectivity index (χ4v) is 7.86. The Morgan fingerprint density at radius 1 is 0.514 bits per heavy atom. The molecule has 0 spiro atoms. The Kier molecular flexibility index (Phi) is 28.1. The maximum atomic E-state index is 14.9. The van der Waals surface area contributed by atoms with Crippen molar-refractivity contribution in [2.45, 2.75) is 117 Å². The number of ketones is 1. The van der Waals surface area contributed by atoms with Gasteiger partial charge in [0.25, 0.3) is 0 Å². The number of rotatable bonds is 34. The van der Waals surface area contributed by atoms with Gasteiger partial charge in [-0.3, -0.25) is 39.1 Å². The van der Waals surface area contributed by atoms with Crippen LogP contribution in [-0.2, 0) is 28.8 Å². The highest BCUT2D eigenvalue weighted by Crippen LogP contribution is 2.24. The minimum absolute atomic E-state index is 0.0886. The summed E-state index contributed by atoms with van der Waals surface area (Å²) in [6, 6.07) is 17.6. The average molecular weight is 977 g/mol. The van der Waals surface area contributed by atoms with Gasteiger partial charge < -0.3 is 52.8 Å². The van der Waals surface area contributed by atoms with Crippen molar-refractivity contribution in [3.05, 3.63) is 71.8 Å². The van der Waals surface area contributed by atoms with Gasteiger partial charge in [0.1, 0.15) is 6.54 Å². The highest BCUT2D eigenvalue weighted by molar-refractivity contribution is 5.93. The number of carbonyl (C=O) groups excluding carboxylic acids is 6. The van der Waals surface area contributed by atoms with Gasteiger partial charge in [-0.1, -0.05) is 74.5 Å². The maximum Gasteiger partial charge on any atom is 0.243 e. The van der Waals surface area contributed by atoms with Crippen molar-refractivity contribution in [3.63, 3.8) is 0 Å². The van der Waals surface area contributed by atoms with Crippen molar-refractivity contribution < 1.29 is 28.8 Å². The molecule has 0 saturated heterocycles. The highest BCUT2D eigenvalue weighted by Gasteiger charge is 2.33. The van der Waals surface area contributed by atoms with Crippen LogP contribution < -0.4 is 28.3 Å². The molecule has 0 heterocycles. The molecule has 18 heteroatoms. The highest BCUT2D eigenvalue weighted by atomic mass is 16.2. The van der Waals surface area contributed by atoms with Gasteiger partial charge in [0.05, 0.1) is 44.8 Å². The third kappa shape index (κ3) is 22.1. The molecule has 0 saturated carbocycles. The van der Waals surface area contributed by atoms with Crippen LogP contribution in [0.1, 0.15) is 123 Å². The number of Topliss-reactive ketones (excluding diaryl/α,β-unsaturated/α-hetero) is 1. The van der Waals surface area contributed by atoms with E-state index in [0.717, 1.165) is 24.0 Å². The van der Waals surface area contributed by atoms with E-state index in [1.54, 1.807) is 18.7 Å². The molecule has 0 aromatic heterocycles. The Labute approximate surface area is 418 Å². The van der Waals surface area contributed by atoms with Crippen molar-refractivity contribution in [2.75, 3.05) is 91.6 Å². The first kappa shape index (κ1) is 60.7. The average Bonchev–Trinajstić information content (AvgIpc) is 3.32. The van der Waals surface area contributed by atoms with E-state index >= 15 is 0 Å². The predicted octanol–water partition coefficient (Wildman–Crippen LogP) is 3.46. The van der Waals surface area contributed by atoms with E-state index in [-0.39, 0.29) is 68.4 Å². The first-order chi connectivity index (χ1) is 33.2. The summed E-state index contributed by atoms with van der Waals surface area (Å²) in [6.45, 7) is 14.9. The second kappa shape index (κ2) is 32.5. The number of nitrogens with one attached hydrogen (secondary N) is 2. The summed E-state index contributed by atoms with van der Waals surface area (Å²) >= 11 is 0. The number of guanidine groups is 1. The normalized spacial score (nSPS) is 12.3. The summed E-state index contributed by atoms with van der Waals surface area (Å²) in [4.78, 5) is 95.4. The zero-order valence-corrected chi connectivity index (χ0v) is 43.5. The molecule has 2 aromatic carbocycles. The molecule has 0 aliphatic rings. The first-order valence-corrected chi connectivity index (χ1v) is 25.2. The van der Waals surface area contributed by atoms with E-state index in [1.165, 1.54) is 19.6 Å². The number of hydrogen-bond donors (Lipinski definition) is 6. The first-order valence-electron chi connectivity index (χ1n) is 25.2. The number of unbranched alkanes of at least 4 members (excludes halogenated alkanes) is 4. The van der Waals surface area contributed by atoms with Gasteiger partial charge in [0, 0.05) is 37.6 Å². The predicted molar refractivity (Wildman–Crippen MR) is 278 cm³/mol. The molecule has 2 aromatic rings. The summed E-state index contributed by atoms with van der Waals surface area (Å²) in [5, 5.41) is 10.3. The van der Waals surface area contributed by atoms with Gasteiger partial charge in [-0.05, 0) is 123 Å². The van der Waals surface area contributed by atoms with Crippen LogP contribution >= 0.6 is 0 Å². The summed E-state index contributed by atoms with van der Waals surface area (Å²) < 4.78 is 0. The van der Waals surface area contributed by atoms with Crippen molar-refractivity contribution in [3.8, 4) is 0 Å². The Hall–Kier alpha value is -5.43. The number of carbonyl (C=O) groups is 6. The fourth-order valence-electron chi connectivity index (χ4n) is 7.86. The van der Waals surface area contributed by atoms with Gasteiger partial charge in [-0.25, -0.2) is 0 Å². The maximum absolute atomic E-state index is 14.9. The van der Waals surface area contributed by atoms with Crippen molar-refractivity contribution in [1.82, 2.24) is 34.7 Å². The Balaban J connectivity index is 2.58. The van der Waals surface area contributed by atoms with Crippen LogP contribution in [0.25, 0.3) is 0 Å². The quantitative estimate of drug-likeness (QED) is 0.0335. The van der Waals surface area contributed by atoms with Crippen molar-refractivity contribution in [2.24, 2.45) is 28.9 Å². The smallest absolute Gasteiger partial charge is 0.243 e. The summed E-state index contributed by atoms with van der Waals surface area (Å²) in [5.74, 6) is -2.67. The van der Waals surface area contributed by atoms with Crippen molar-refractivity contribution in [1.29, 1.82) is 5.41 Å². The van der Waals surface area contributed by atoms with Gasteiger partial charge in [0.2, 0.25) is 29.5 Å². The minimum Gasteiger partial charge on any atom is -0.370 e. The zero-order chi connectivity index (χ0) is 52.2. The van der Waals surface area contributed by atoms with E-state index in [4.69, 9.17) is 28.3 Å². The van der Waals surface area contributed by atoms with Crippen LogP contribution in [0.15, 0.2) is 60.7 Å². The number of benzene rings is 2. The second-order valence-corrected chi connectivity index (χ2v) is 19.4. The number of nitrogens with zero attached hydrogens (tertiary/aromatic N) is 6. The number of hydrogen-bond acceptors (Lipinski definition) is 11. The lowest BCUT2D eigenvalue weighted by Crippen LogP contribution is -2.53. The van der Waals surface area contributed by atoms with Gasteiger partial charge in [0.15, 0.2) is 11.7 Å². The standard InChI is InChI=1S/C52H88N12O6/c1-40(2)45(65)34-63(41(3)43-22-10-8-11-23-43)49(69)36-61(31-19-15-27-54)48(68)39-64(42(4)44-24-12-9-13-25-44)50(70)37-60(32-21-17-29-58-51(56)57)46(66)35-59(30-18-14-26-53)47(67)38-62(52(5,6)7)33-20-16-28-55/h8-13,22-25,40-42H,14-21,26-39,53-55H2,1-7H3,(H4,56,57,58)/t41-,42-/m0/s1. The topological polar surface area (TPSA) is 262 Å². The van der Waals surface area contributed by atoms with E-state index in [2.05, 4.69) is 10.2 Å². The third-order valence-electron chi connectivity index (χ3n) is 12.5. The van der Waals surface area contributed by atoms with Crippen LogP contribution in [0.2, 0.25) is 0 Å². The van der Waals surface area contributed by atoms with Crippen LogP contribution in [0.5, 0.6) is 0 Å². The molecule has 0 unspecified atom stereocenters. The lowest BCUT2D eigenvalue weighted by atomic mass is 10.0. The molecule has 2 rings (SSSR count). The zero-order valence-electron chi connectivity index (χ0n) is 43.5. The molecule has 0 radical (unpaired) electrons. The third-order valence-corrected chi connectivity index (χ3v) is 12.5. The van der Waals surface area contributed by atoms with Gasteiger partial charge in [-0.2, -0.15) is 0 Å². The van der Waals surface area contributed by atoms with Crippen LogP contribution in [0.4, 0.5) is 0 Å². The van der Waals surface area contributed by atoms with Crippen LogP contribution in [0.3, 0.4) is 0 Å². The van der Waals surface area contributed by atoms with Gasteiger partial charge >= 0.3 is 0 Å². The summed E-state index contributed by atoms with van der Waals surface area (Å²) in [7, 11) is 0. The van der Waals surface area contributed by atoms with Crippen molar-refractivity contribution >= 4 is 41.3 Å². The molecule has 0 fully saturated rings. The molecule has 5 amide bonds. The largest absolute Gasteiger partial charge is 0.370 e. The molecule has 10 N–H and O–H groups in total. The molecule has 0 bridgehead atoms. The summed E-state index contributed by atoms with van der Waals surface area (Å²) in [5.41, 5.74) is 24.3. The molecule has 18 nitrogen and oxygen atoms in total. The van der Waals surface area contributed by atoms with E-state index in [1.807, 2.05) is 95.3 Å². The molecular weight excluding hydrogens is 889 g/mol. The minimum atomic E-state index is -0.633. The molecule has 2 atom stereocenters.